The summed E-state index contributed by atoms with van der Waals surface area (Å²) >= 11 is 6.05. The van der Waals surface area contributed by atoms with E-state index in [0.29, 0.717) is 35.6 Å². The number of halogens is 3. The van der Waals surface area contributed by atoms with Crippen molar-refractivity contribution in [3.63, 3.8) is 0 Å². The van der Waals surface area contributed by atoms with Crippen LogP contribution in [0, 0.1) is 5.82 Å². The Morgan fingerprint density at radius 3 is 2.58 bits per heavy atom. The average molecular weight is 494 g/mol. The molecule has 26 heavy (non-hydrogen) atoms. The lowest BCUT2D eigenvalue weighted by Gasteiger charge is -2.08. The van der Waals surface area contributed by atoms with Crippen LogP contribution in [0.3, 0.4) is 0 Å². The summed E-state index contributed by atoms with van der Waals surface area (Å²) in [7, 11) is 1.56. The third-order valence-electron chi connectivity index (χ3n) is 3.34. The molecule has 0 radical (unpaired) electrons. The van der Waals surface area contributed by atoms with E-state index in [1.807, 2.05) is 6.07 Å². The minimum Gasteiger partial charge on any atom is -0.495 e. The predicted molar refractivity (Wildman–Crippen MR) is 115 cm³/mol. The first-order valence-corrected chi connectivity index (χ1v) is 8.25. The van der Waals surface area contributed by atoms with Crippen molar-refractivity contribution in [2.45, 2.75) is 12.8 Å². The molecule has 0 saturated heterocycles. The molecule has 2 aromatic rings. The van der Waals surface area contributed by atoms with Crippen molar-refractivity contribution >= 4 is 47.2 Å². The number of benzene rings is 2. The van der Waals surface area contributed by atoms with Gasteiger partial charge in [0.25, 0.3) is 0 Å². The van der Waals surface area contributed by atoms with Gasteiger partial charge in [-0.2, -0.15) is 0 Å². The topological polar surface area (TPSA) is 68.9 Å². The van der Waals surface area contributed by atoms with Crippen LogP contribution in [0.1, 0.15) is 12.8 Å². The smallest absolute Gasteiger partial charge is 0.193 e. The van der Waals surface area contributed by atoms with Gasteiger partial charge in [0.1, 0.15) is 17.3 Å². The Labute approximate surface area is 174 Å². The Balaban J connectivity index is 0.00000338. The Hall–Kier alpha value is -1.74. The van der Waals surface area contributed by atoms with E-state index in [1.54, 1.807) is 31.4 Å². The summed E-state index contributed by atoms with van der Waals surface area (Å²) in [5.74, 6) is 1.30. The van der Waals surface area contributed by atoms with Gasteiger partial charge in [-0.3, -0.25) is 4.99 Å². The maximum absolute atomic E-state index is 12.8. The minimum absolute atomic E-state index is 0. The molecule has 0 aliphatic rings. The van der Waals surface area contributed by atoms with Crippen LogP contribution in [-0.4, -0.2) is 26.2 Å². The highest BCUT2D eigenvalue weighted by atomic mass is 127. The van der Waals surface area contributed by atoms with Crippen molar-refractivity contribution in [1.29, 1.82) is 0 Å². The summed E-state index contributed by atoms with van der Waals surface area (Å²) in [5.41, 5.74) is 6.59. The molecule has 0 atom stereocenters. The molecule has 0 amide bonds. The number of nitrogens with two attached hydrogens (primary N) is 1. The number of nitrogens with one attached hydrogen (secondary N) is 1. The zero-order chi connectivity index (χ0) is 18.1. The van der Waals surface area contributed by atoms with Gasteiger partial charge in [-0.15, -0.1) is 24.0 Å². The van der Waals surface area contributed by atoms with Gasteiger partial charge in [0.05, 0.1) is 18.7 Å². The summed E-state index contributed by atoms with van der Waals surface area (Å²) in [4.78, 5) is 4.25. The quantitative estimate of drug-likeness (QED) is 0.242. The third-order valence-corrected chi connectivity index (χ3v) is 3.64. The lowest BCUT2D eigenvalue weighted by molar-refractivity contribution is 0.307. The van der Waals surface area contributed by atoms with Crippen LogP contribution < -0.4 is 20.5 Å². The molecular formula is C18H22ClFIN3O2. The molecule has 2 rings (SSSR count). The van der Waals surface area contributed by atoms with Crippen molar-refractivity contribution < 1.29 is 13.9 Å². The molecule has 8 heteroatoms. The highest BCUT2D eigenvalue weighted by Gasteiger charge is 2.02. The molecule has 0 aliphatic carbocycles. The maximum atomic E-state index is 12.8. The minimum atomic E-state index is -0.275. The number of rotatable bonds is 8. The second-order valence-corrected chi connectivity index (χ2v) is 5.66. The van der Waals surface area contributed by atoms with Crippen molar-refractivity contribution in [3.8, 4) is 11.5 Å². The van der Waals surface area contributed by atoms with E-state index in [-0.39, 0.29) is 29.8 Å². The molecule has 2 aromatic carbocycles. The van der Waals surface area contributed by atoms with E-state index in [4.69, 9.17) is 26.8 Å². The first-order chi connectivity index (χ1) is 12.1. The number of aliphatic imine (C=N–C) groups is 1. The van der Waals surface area contributed by atoms with Crippen molar-refractivity contribution in [3.05, 3.63) is 53.3 Å². The molecule has 0 bridgehead atoms. The van der Waals surface area contributed by atoms with Crippen LogP contribution in [0.2, 0.25) is 5.02 Å². The molecule has 0 heterocycles. The van der Waals surface area contributed by atoms with Crippen molar-refractivity contribution in [2.75, 3.05) is 25.6 Å². The molecule has 0 saturated carbocycles. The SMILES string of the molecule is COc1ccc(NC(N)=NCCCCOc2ccc(F)cc2)cc1Cl.I. The number of hydrogen-bond donors (Lipinski definition) is 2. The highest BCUT2D eigenvalue weighted by molar-refractivity contribution is 14.0. The zero-order valence-electron chi connectivity index (χ0n) is 14.4. The number of guanidine groups is 1. The van der Waals surface area contributed by atoms with Crippen LogP contribution >= 0.6 is 35.6 Å². The molecule has 0 fully saturated rings. The third kappa shape index (κ3) is 7.65. The summed E-state index contributed by atoms with van der Waals surface area (Å²) in [6, 6.07) is 11.2. The normalized spacial score (nSPS) is 10.8. The summed E-state index contributed by atoms with van der Waals surface area (Å²) < 4.78 is 23.4. The number of ether oxygens (including phenoxy) is 2. The monoisotopic (exact) mass is 493 g/mol. The first-order valence-electron chi connectivity index (χ1n) is 7.87. The van der Waals surface area contributed by atoms with Gasteiger partial charge >= 0.3 is 0 Å². The zero-order valence-corrected chi connectivity index (χ0v) is 17.5. The van der Waals surface area contributed by atoms with E-state index in [9.17, 15) is 4.39 Å². The summed E-state index contributed by atoms with van der Waals surface area (Å²) in [6.07, 6.45) is 1.65. The standard InChI is InChI=1S/C18H21ClFN3O2.HI/c1-24-17-9-6-14(12-16(17)19)23-18(21)22-10-2-3-11-25-15-7-4-13(20)5-8-15;/h4-9,12H,2-3,10-11H2,1H3,(H3,21,22,23);1H. The van der Waals surface area contributed by atoms with Gasteiger partial charge in [-0.1, -0.05) is 11.6 Å². The van der Waals surface area contributed by atoms with E-state index in [2.05, 4.69) is 10.3 Å². The molecule has 0 aromatic heterocycles. The highest BCUT2D eigenvalue weighted by Crippen LogP contribution is 2.27. The van der Waals surface area contributed by atoms with Crippen LogP contribution in [0.4, 0.5) is 10.1 Å². The van der Waals surface area contributed by atoms with Gasteiger partial charge in [0.2, 0.25) is 0 Å². The summed E-state index contributed by atoms with van der Waals surface area (Å²) in [6.45, 7) is 1.12. The Bertz CT molecular complexity index is 714. The molecular weight excluding hydrogens is 472 g/mol. The molecule has 142 valence electrons. The second kappa shape index (κ2) is 11.8. The number of hydrogen-bond acceptors (Lipinski definition) is 3. The average Bonchev–Trinajstić information content (AvgIpc) is 2.59. The van der Waals surface area contributed by atoms with Crippen LogP contribution in [0.15, 0.2) is 47.5 Å². The van der Waals surface area contributed by atoms with E-state index in [1.165, 1.54) is 12.1 Å². The van der Waals surface area contributed by atoms with Gasteiger partial charge in [-0.05, 0) is 55.3 Å². The fourth-order valence-corrected chi connectivity index (χ4v) is 2.32. The van der Waals surface area contributed by atoms with Gasteiger partial charge in [0, 0.05) is 12.2 Å². The number of methoxy groups -OCH3 is 1. The fourth-order valence-electron chi connectivity index (χ4n) is 2.07. The maximum Gasteiger partial charge on any atom is 0.193 e. The van der Waals surface area contributed by atoms with Crippen LogP contribution in [0.25, 0.3) is 0 Å². The molecule has 0 unspecified atom stereocenters. The molecule has 3 N–H and O–H groups in total. The lowest BCUT2D eigenvalue weighted by atomic mass is 10.3. The van der Waals surface area contributed by atoms with Crippen molar-refractivity contribution in [1.82, 2.24) is 0 Å². The number of nitrogens with zero attached hydrogens (tertiary/aromatic N) is 1. The van der Waals surface area contributed by atoms with Gasteiger partial charge in [-0.25, -0.2) is 4.39 Å². The van der Waals surface area contributed by atoms with Crippen LogP contribution in [0.5, 0.6) is 11.5 Å². The van der Waals surface area contributed by atoms with Crippen molar-refractivity contribution in [2.24, 2.45) is 10.7 Å². The Morgan fingerprint density at radius 2 is 1.92 bits per heavy atom. The fraction of sp³-hybridized carbons (Fsp3) is 0.278. The Morgan fingerprint density at radius 1 is 1.19 bits per heavy atom. The molecule has 0 spiro atoms. The first kappa shape index (κ1) is 22.3. The Kier molecular flexibility index (Phi) is 10.1. The molecule has 5 nitrogen and oxygen atoms in total. The predicted octanol–water partition coefficient (Wildman–Crippen LogP) is 4.69. The van der Waals surface area contributed by atoms with Crippen LogP contribution in [-0.2, 0) is 0 Å². The summed E-state index contributed by atoms with van der Waals surface area (Å²) in [5, 5.41) is 3.48. The van der Waals surface area contributed by atoms with E-state index in [0.717, 1.165) is 18.5 Å². The van der Waals surface area contributed by atoms with Gasteiger partial charge in [0.15, 0.2) is 5.96 Å². The lowest BCUT2D eigenvalue weighted by Crippen LogP contribution is -2.22. The number of anilines is 1. The largest absolute Gasteiger partial charge is 0.495 e. The molecule has 0 aliphatic heterocycles. The second-order valence-electron chi connectivity index (χ2n) is 5.25. The van der Waals surface area contributed by atoms with E-state index < -0.39 is 0 Å². The van der Waals surface area contributed by atoms with Gasteiger partial charge < -0.3 is 20.5 Å². The number of unbranched alkanes of at least 4 members (excludes halogenated alkanes) is 1. The van der Waals surface area contributed by atoms with E-state index >= 15 is 0 Å².